The van der Waals surface area contributed by atoms with Crippen molar-refractivity contribution in [2.75, 3.05) is 13.2 Å². The summed E-state index contributed by atoms with van der Waals surface area (Å²) >= 11 is 0. The first-order valence-corrected chi connectivity index (χ1v) is 8.14. The first-order chi connectivity index (χ1) is 11.9. The average molecular weight is 344 g/mol. The number of carbonyl (C=O) groups excluding carboxylic acids is 3. The number of carbonyl (C=O) groups is 3. The Labute approximate surface area is 144 Å². The summed E-state index contributed by atoms with van der Waals surface area (Å²) in [6.07, 6.45) is 1.63. The van der Waals surface area contributed by atoms with Gasteiger partial charge in [-0.15, -0.1) is 0 Å². The number of benzene rings is 1. The van der Waals surface area contributed by atoms with Crippen molar-refractivity contribution in [2.45, 2.75) is 25.3 Å². The molecule has 3 amide bonds. The number of amides is 3. The Bertz CT molecular complexity index is 742. The van der Waals surface area contributed by atoms with Gasteiger partial charge in [0, 0.05) is 5.56 Å². The lowest BCUT2D eigenvalue weighted by Crippen LogP contribution is -2.46. The van der Waals surface area contributed by atoms with Crippen LogP contribution in [0.3, 0.4) is 0 Å². The Morgan fingerprint density at radius 2 is 2.00 bits per heavy atom. The Hall–Kier alpha value is -2.90. The summed E-state index contributed by atoms with van der Waals surface area (Å²) in [7, 11) is 0. The second kappa shape index (κ2) is 6.19. The van der Waals surface area contributed by atoms with E-state index in [2.05, 4.69) is 5.32 Å². The van der Waals surface area contributed by atoms with Crippen molar-refractivity contribution in [3.8, 4) is 0 Å². The molecular weight excluding hydrogens is 324 g/mol. The van der Waals surface area contributed by atoms with Crippen molar-refractivity contribution in [3.63, 3.8) is 0 Å². The van der Waals surface area contributed by atoms with Crippen LogP contribution in [-0.2, 0) is 19.9 Å². The molecule has 1 aliphatic carbocycles. The molecule has 0 aromatic heterocycles. The zero-order valence-corrected chi connectivity index (χ0v) is 13.9. The lowest BCUT2D eigenvalue weighted by molar-refractivity contribution is -0.147. The zero-order chi connectivity index (χ0) is 18.2. The van der Waals surface area contributed by atoms with Gasteiger partial charge in [0.1, 0.15) is 17.9 Å². The molecule has 132 valence electrons. The van der Waals surface area contributed by atoms with Crippen molar-refractivity contribution in [1.29, 1.82) is 5.41 Å². The lowest BCUT2D eigenvalue weighted by atomic mass is 9.84. The van der Waals surface area contributed by atoms with Crippen LogP contribution in [0.5, 0.6) is 0 Å². The van der Waals surface area contributed by atoms with Crippen molar-refractivity contribution >= 4 is 23.7 Å². The van der Waals surface area contributed by atoms with E-state index >= 15 is 0 Å². The minimum atomic E-state index is -1.17. The summed E-state index contributed by atoms with van der Waals surface area (Å²) in [6.45, 7) is 1.44. The normalized spacial score (nSPS) is 22.7. The largest absolute Gasteiger partial charge is 0.465 e. The molecule has 0 bridgehead atoms. The van der Waals surface area contributed by atoms with E-state index in [4.69, 9.17) is 15.9 Å². The molecule has 1 saturated heterocycles. The number of urea groups is 1. The fraction of sp³-hybridized carbons (Fsp3) is 0.412. The quantitative estimate of drug-likeness (QED) is 0.303. The first-order valence-electron chi connectivity index (χ1n) is 8.14. The van der Waals surface area contributed by atoms with Crippen LogP contribution < -0.4 is 11.1 Å². The van der Waals surface area contributed by atoms with Gasteiger partial charge in [0.25, 0.3) is 5.91 Å². The SMILES string of the molecule is CCOC(=O)CN1C(=O)NC(c2ccc(C(=N)N)cc2)(C2CC2)C1=O. The molecule has 1 aliphatic heterocycles. The number of imide groups is 1. The molecule has 1 atom stereocenters. The van der Waals surface area contributed by atoms with E-state index < -0.39 is 30.0 Å². The number of nitrogens with zero attached hydrogens (tertiary/aromatic N) is 1. The number of nitrogens with one attached hydrogen (secondary N) is 2. The molecule has 25 heavy (non-hydrogen) atoms. The molecule has 4 N–H and O–H groups in total. The number of nitrogen functional groups attached to an aromatic ring is 1. The smallest absolute Gasteiger partial charge is 0.326 e. The predicted octanol–water partition coefficient (Wildman–Crippen LogP) is 0.691. The van der Waals surface area contributed by atoms with Crippen LogP contribution in [0.4, 0.5) is 4.79 Å². The topological polar surface area (TPSA) is 126 Å². The third-order valence-corrected chi connectivity index (χ3v) is 4.57. The first kappa shape index (κ1) is 16.9. The summed E-state index contributed by atoms with van der Waals surface area (Å²) in [6, 6.07) is 6.09. The number of esters is 1. The van der Waals surface area contributed by atoms with E-state index in [-0.39, 0.29) is 18.4 Å². The van der Waals surface area contributed by atoms with Crippen LogP contribution in [0, 0.1) is 11.3 Å². The summed E-state index contributed by atoms with van der Waals surface area (Å²) in [4.78, 5) is 38.0. The molecule has 2 fully saturated rings. The predicted molar refractivity (Wildman–Crippen MR) is 88.7 cm³/mol. The van der Waals surface area contributed by atoms with E-state index in [1.54, 1.807) is 31.2 Å². The minimum Gasteiger partial charge on any atom is -0.465 e. The Balaban J connectivity index is 1.93. The molecule has 1 unspecified atom stereocenters. The second-order valence-corrected chi connectivity index (χ2v) is 6.20. The number of nitrogens with two attached hydrogens (primary N) is 1. The Morgan fingerprint density at radius 3 is 2.52 bits per heavy atom. The fourth-order valence-electron chi connectivity index (χ4n) is 3.21. The Kier molecular flexibility index (Phi) is 4.20. The molecule has 1 aromatic rings. The van der Waals surface area contributed by atoms with Crippen molar-refractivity contribution in [1.82, 2.24) is 10.2 Å². The van der Waals surface area contributed by atoms with Gasteiger partial charge in [-0.3, -0.25) is 19.9 Å². The van der Waals surface area contributed by atoms with Gasteiger partial charge in [-0.05, 0) is 31.2 Å². The fourth-order valence-corrected chi connectivity index (χ4v) is 3.21. The van der Waals surface area contributed by atoms with E-state index in [9.17, 15) is 14.4 Å². The third-order valence-electron chi connectivity index (χ3n) is 4.57. The van der Waals surface area contributed by atoms with E-state index in [1.807, 2.05) is 0 Å². The summed E-state index contributed by atoms with van der Waals surface area (Å²) in [5.74, 6) is -1.15. The van der Waals surface area contributed by atoms with Gasteiger partial charge in [-0.1, -0.05) is 24.3 Å². The van der Waals surface area contributed by atoms with Crippen LogP contribution in [0.25, 0.3) is 0 Å². The molecule has 8 heteroatoms. The molecule has 1 saturated carbocycles. The second-order valence-electron chi connectivity index (χ2n) is 6.20. The number of ether oxygens (including phenoxy) is 1. The van der Waals surface area contributed by atoms with Crippen molar-refractivity contribution in [2.24, 2.45) is 11.7 Å². The van der Waals surface area contributed by atoms with E-state index in [1.165, 1.54) is 0 Å². The zero-order valence-electron chi connectivity index (χ0n) is 13.9. The molecule has 8 nitrogen and oxygen atoms in total. The molecule has 0 radical (unpaired) electrons. The highest BCUT2D eigenvalue weighted by Gasteiger charge is 2.60. The van der Waals surface area contributed by atoms with Crippen molar-refractivity contribution in [3.05, 3.63) is 35.4 Å². The monoisotopic (exact) mass is 344 g/mol. The number of amidine groups is 1. The standard InChI is InChI=1S/C17H20N4O4/c1-2-25-13(22)9-21-15(23)17(12-7-8-12,20-16(21)24)11-5-3-10(4-6-11)14(18)19/h3-6,12H,2,7-9H2,1H3,(H3,18,19)(H,20,24). The summed E-state index contributed by atoms with van der Waals surface area (Å²) in [5, 5.41) is 10.2. The van der Waals surface area contributed by atoms with Crippen LogP contribution in [0.1, 0.15) is 30.9 Å². The van der Waals surface area contributed by atoms with Gasteiger partial charge < -0.3 is 15.8 Å². The van der Waals surface area contributed by atoms with Crippen LogP contribution in [-0.4, -0.2) is 41.8 Å². The maximum absolute atomic E-state index is 13.0. The van der Waals surface area contributed by atoms with Gasteiger partial charge in [-0.25, -0.2) is 4.79 Å². The number of rotatable bonds is 6. The van der Waals surface area contributed by atoms with Gasteiger partial charge in [0.2, 0.25) is 0 Å². The van der Waals surface area contributed by atoms with Crippen LogP contribution in [0.15, 0.2) is 24.3 Å². The van der Waals surface area contributed by atoms with Gasteiger partial charge in [0.15, 0.2) is 0 Å². The summed E-state index contributed by atoms with van der Waals surface area (Å²) < 4.78 is 4.84. The van der Waals surface area contributed by atoms with E-state index in [0.29, 0.717) is 11.1 Å². The molecule has 3 rings (SSSR count). The van der Waals surface area contributed by atoms with Gasteiger partial charge in [0.05, 0.1) is 6.61 Å². The van der Waals surface area contributed by atoms with E-state index in [0.717, 1.165) is 17.7 Å². The van der Waals surface area contributed by atoms with Crippen LogP contribution in [0.2, 0.25) is 0 Å². The van der Waals surface area contributed by atoms with Crippen molar-refractivity contribution < 1.29 is 19.1 Å². The molecular formula is C17H20N4O4. The Morgan fingerprint density at radius 1 is 1.36 bits per heavy atom. The maximum Gasteiger partial charge on any atom is 0.326 e. The number of hydrogen-bond acceptors (Lipinski definition) is 5. The minimum absolute atomic E-state index is 0.0145. The third kappa shape index (κ3) is 2.84. The summed E-state index contributed by atoms with van der Waals surface area (Å²) in [5.41, 5.74) is 5.46. The van der Waals surface area contributed by atoms with Gasteiger partial charge in [-0.2, -0.15) is 0 Å². The molecule has 0 spiro atoms. The highest BCUT2D eigenvalue weighted by Crippen LogP contribution is 2.49. The average Bonchev–Trinajstić information content (AvgIpc) is 3.39. The highest BCUT2D eigenvalue weighted by atomic mass is 16.5. The van der Waals surface area contributed by atoms with Crippen LogP contribution >= 0.6 is 0 Å². The number of hydrogen-bond donors (Lipinski definition) is 3. The molecule has 1 aromatic carbocycles. The highest BCUT2D eigenvalue weighted by molar-refractivity contribution is 6.09. The molecule has 1 heterocycles. The lowest BCUT2D eigenvalue weighted by Gasteiger charge is -2.27. The maximum atomic E-state index is 13.0. The van der Waals surface area contributed by atoms with Gasteiger partial charge >= 0.3 is 12.0 Å². The molecule has 2 aliphatic rings.